The molecule has 2 aliphatic rings. The van der Waals surface area contributed by atoms with Gasteiger partial charge in [-0.1, -0.05) is 0 Å². The fourth-order valence-electron chi connectivity index (χ4n) is 3.87. The molecule has 192 valence electrons. The van der Waals surface area contributed by atoms with Crippen LogP contribution in [-0.4, -0.2) is 53.5 Å². The molecule has 2 fully saturated rings. The highest BCUT2D eigenvalue weighted by atomic mass is 32.2. The van der Waals surface area contributed by atoms with Crippen LogP contribution in [0, 0.1) is 0 Å². The Bertz CT molecular complexity index is 1320. The number of hydrogen-bond donors (Lipinski definition) is 1. The van der Waals surface area contributed by atoms with E-state index in [1.54, 1.807) is 19.9 Å². The average molecular weight is 526 g/mol. The molecule has 1 aliphatic heterocycles. The highest BCUT2D eigenvalue weighted by Gasteiger charge is 2.65. The van der Waals surface area contributed by atoms with Gasteiger partial charge in [0.2, 0.25) is 0 Å². The van der Waals surface area contributed by atoms with Crippen LogP contribution in [0.4, 0.5) is 34.1 Å². The zero-order valence-electron chi connectivity index (χ0n) is 19.1. The van der Waals surface area contributed by atoms with Crippen molar-refractivity contribution in [2.24, 2.45) is 0 Å². The molecule has 1 aromatic carbocycles. The smallest absolute Gasteiger partial charge is 0.447 e. The van der Waals surface area contributed by atoms with Crippen LogP contribution in [0.5, 0.6) is 0 Å². The second kappa shape index (κ2) is 8.76. The summed E-state index contributed by atoms with van der Waals surface area (Å²) >= 11 is 0. The predicted molar refractivity (Wildman–Crippen MR) is 120 cm³/mol. The number of sulfone groups is 1. The summed E-state index contributed by atoms with van der Waals surface area (Å²) < 4.78 is 66.8. The van der Waals surface area contributed by atoms with Gasteiger partial charge in [0.15, 0.2) is 0 Å². The van der Waals surface area contributed by atoms with Gasteiger partial charge in [0.25, 0.3) is 15.7 Å². The maximum atomic E-state index is 13.3. The molecule has 1 N–H and O–H groups in total. The number of benzene rings is 1. The molecule has 36 heavy (non-hydrogen) atoms. The van der Waals surface area contributed by atoms with Crippen LogP contribution in [0.15, 0.2) is 47.6 Å². The number of carbonyl (C=O) groups excluding carboxylic acids is 3. The first-order valence-corrected chi connectivity index (χ1v) is 12.2. The van der Waals surface area contributed by atoms with Gasteiger partial charge < -0.3 is 9.64 Å². The van der Waals surface area contributed by atoms with Crippen molar-refractivity contribution in [3.8, 4) is 0 Å². The third kappa shape index (κ3) is 4.36. The molecule has 1 spiro atoms. The lowest BCUT2D eigenvalue weighted by molar-refractivity contribution is -0.120. The number of pyridine rings is 1. The average Bonchev–Trinajstić information content (AvgIpc) is 3.56. The lowest BCUT2D eigenvalue weighted by Crippen LogP contribution is -2.36. The molecule has 2 aromatic rings. The van der Waals surface area contributed by atoms with Gasteiger partial charge in [-0.15, -0.1) is 0 Å². The number of hydrogen-bond acceptors (Lipinski definition) is 7. The fraction of sp³-hybridized carbons (Fsp3) is 0.364. The maximum absolute atomic E-state index is 13.3. The zero-order valence-corrected chi connectivity index (χ0v) is 19.9. The molecule has 1 saturated heterocycles. The van der Waals surface area contributed by atoms with Gasteiger partial charge in [-0.05, 0) is 62.6 Å². The number of amides is 4. The number of urea groups is 1. The summed E-state index contributed by atoms with van der Waals surface area (Å²) in [6.45, 7) is 3.28. The lowest BCUT2D eigenvalue weighted by atomic mass is 10.1. The van der Waals surface area contributed by atoms with Crippen LogP contribution in [0.3, 0.4) is 0 Å². The first kappa shape index (κ1) is 25.4. The minimum Gasteiger partial charge on any atom is -0.447 e. The first-order valence-electron chi connectivity index (χ1n) is 10.8. The van der Waals surface area contributed by atoms with E-state index in [2.05, 4.69) is 10.3 Å². The van der Waals surface area contributed by atoms with E-state index in [1.165, 1.54) is 17.3 Å². The molecule has 4 rings (SSSR count). The van der Waals surface area contributed by atoms with Gasteiger partial charge in [0.1, 0.15) is 5.54 Å². The third-order valence-corrected chi connectivity index (χ3v) is 7.30. The number of ether oxygens (including phenoxy) is 1. The number of carbonyl (C=O) groups is 3. The van der Waals surface area contributed by atoms with Gasteiger partial charge in [-0.25, -0.2) is 22.9 Å². The van der Waals surface area contributed by atoms with Gasteiger partial charge in [0.05, 0.1) is 35.1 Å². The van der Waals surface area contributed by atoms with Gasteiger partial charge in [0, 0.05) is 6.20 Å². The molecule has 1 aliphatic carbocycles. The van der Waals surface area contributed by atoms with Crippen molar-refractivity contribution in [3.63, 3.8) is 0 Å². The topological polar surface area (TPSA) is 126 Å². The summed E-state index contributed by atoms with van der Waals surface area (Å²) in [5, 5.41) is 2.56. The summed E-state index contributed by atoms with van der Waals surface area (Å²) in [5.41, 5.74) is -5.92. The highest BCUT2D eigenvalue weighted by Crippen LogP contribution is 2.50. The van der Waals surface area contributed by atoms with E-state index < -0.39 is 43.8 Å². The molecule has 14 heteroatoms. The van der Waals surface area contributed by atoms with E-state index in [0.29, 0.717) is 30.5 Å². The Morgan fingerprint density at radius 1 is 1.17 bits per heavy atom. The van der Waals surface area contributed by atoms with Gasteiger partial charge in [-0.2, -0.15) is 13.2 Å². The molecule has 1 saturated carbocycles. The second-order valence-electron chi connectivity index (χ2n) is 8.60. The summed E-state index contributed by atoms with van der Waals surface area (Å²) in [7, 11) is -5.58. The summed E-state index contributed by atoms with van der Waals surface area (Å²) in [4.78, 5) is 43.6. The van der Waals surface area contributed by atoms with Crippen molar-refractivity contribution in [3.05, 3.63) is 48.3 Å². The molecule has 0 bridgehead atoms. The monoisotopic (exact) mass is 526 g/mol. The zero-order chi connectivity index (χ0) is 26.5. The van der Waals surface area contributed by atoms with E-state index in [0.717, 1.165) is 17.0 Å². The Hall–Kier alpha value is -3.68. The van der Waals surface area contributed by atoms with Crippen molar-refractivity contribution in [2.75, 3.05) is 10.2 Å². The van der Waals surface area contributed by atoms with E-state index in [9.17, 15) is 36.0 Å². The number of anilines is 2. The van der Waals surface area contributed by atoms with E-state index in [4.69, 9.17) is 4.74 Å². The van der Waals surface area contributed by atoms with Gasteiger partial charge >= 0.3 is 17.6 Å². The van der Waals surface area contributed by atoms with Crippen molar-refractivity contribution in [1.82, 2.24) is 9.88 Å². The van der Waals surface area contributed by atoms with Crippen molar-refractivity contribution < 1.29 is 40.7 Å². The normalized spacial score (nSPS) is 17.2. The van der Waals surface area contributed by atoms with Crippen molar-refractivity contribution >= 4 is 39.2 Å². The van der Waals surface area contributed by atoms with Crippen LogP contribution in [0.2, 0.25) is 0 Å². The fourth-order valence-corrected chi connectivity index (χ4v) is 4.63. The Morgan fingerprint density at radius 2 is 1.81 bits per heavy atom. The minimum absolute atomic E-state index is 0.0616. The largest absolute Gasteiger partial charge is 0.501 e. The first-order chi connectivity index (χ1) is 16.8. The number of aromatic nitrogens is 1. The highest BCUT2D eigenvalue weighted by molar-refractivity contribution is 7.92. The molecule has 0 radical (unpaired) electrons. The Labute approximate surface area is 204 Å². The van der Waals surface area contributed by atoms with E-state index in [1.807, 2.05) is 0 Å². The van der Waals surface area contributed by atoms with Crippen LogP contribution in [0.1, 0.15) is 32.3 Å². The quantitative estimate of drug-likeness (QED) is 0.567. The van der Waals surface area contributed by atoms with Crippen molar-refractivity contribution in [1.29, 1.82) is 0 Å². The molecule has 2 heterocycles. The number of halogens is 3. The summed E-state index contributed by atoms with van der Waals surface area (Å²) in [6.07, 6.45) is 2.48. The van der Waals surface area contributed by atoms with Crippen LogP contribution in [0.25, 0.3) is 0 Å². The third-order valence-electron chi connectivity index (χ3n) is 5.79. The molecule has 0 unspecified atom stereocenters. The molecular weight excluding hydrogens is 505 g/mol. The molecule has 10 nitrogen and oxygen atoms in total. The second-order valence-corrected chi connectivity index (χ2v) is 10.5. The van der Waals surface area contributed by atoms with E-state index in [-0.39, 0.29) is 24.0 Å². The number of rotatable bonds is 6. The molecular formula is C22H21F3N4O6S. The van der Waals surface area contributed by atoms with Crippen LogP contribution in [-0.2, 0) is 25.9 Å². The maximum Gasteiger partial charge on any atom is 0.501 e. The predicted octanol–water partition coefficient (Wildman–Crippen LogP) is 3.83. The van der Waals surface area contributed by atoms with Crippen LogP contribution >= 0.6 is 0 Å². The standard InChI is InChI=1S/C22H21F3N4O6S/c1-13(2)35-19(31)27-17-11-26-10-7-14(17)12-28-20(32)29(18(30)21(28)8-9-21)15-3-5-16(6-4-15)36(33,34)22(23,24)25/h3-7,10-11,13H,8-9,12H2,1-2H3,(H,27,31). The minimum atomic E-state index is -5.58. The Morgan fingerprint density at radius 3 is 2.36 bits per heavy atom. The lowest BCUT2D eigenvalue weighted by Gasteiger charge is -2.23. The van der Waals surface area contributed by atoms with E-state index >= 15 is 0 Å². The molecule has 4 amide bonds. The number of alkyl halides is 3. The Kier molecular flexibility index (Phi) is 6.19. The number of imide groups is 1. The van der Waals surface area contributed by atoms with Gasteiger partial charge in [-0.3, -0.25) is 15.1 Å². The molecule has 1 aromatic heterocycles. The summed E-state index contributed by atoms with van der Waals surface area (Å²) in [5.74, 6) is -0.568. The summed E-state index contributed by atoms with van der Waals surface area (Å²) in [6, 6.07) is 4.21. The van der Waals surface area contributed by atoms with Crippen LogP contribution < -0.4 is 10.2 Å². The van der Waals surface area contributed by atoms with Crippen molar-refractivity contribution in [2.45, 2.75) is 55.3 Å². The Balaban J connectivity index is 1.60. The number of nitrogens with zero attached hydrogens (tertiary/aromatic N) is 3. The SMILES string of the molecule is CC(C)OC(=O)Nc1cnccc1CN1C(=O)N(c2ccc(S(=O)(=O)C(F)(F)F)cc2)C(=O)C12CC2. The number of nitrogens with one attached hydrogen (secondary N) is 1. The molecule has 0 atom stereocenters.